The van der Waals surface area contributed by atoms with E-state index < -0.39 is 0 Å². The van der Waals surface area contributed by atoms with Gasteiger partial charge in [-0.3, -0.25) is 0 Å². The van der Waals surface area contributed by atoms with Crippen LogP contribution < -0.4 is 4.74 Å². The van der Waals surface area contributed by atoms with Crippen LogP contribution in [0, 0.1) is 5.41 Å². The van der Waals surface area contributed by atoms with Gasteiger partial charge in [0.05, 0.1) is 7.11 Å². The Morgan fingerprint density at radius 3 is 2.61 bits per heavy atom. The van der Waals surface area contributed by atoms with Crippen LogP contribution in [0.4, 0.5) is 0 Å². The molecular weight excluding hydrogens is 220 g/mol. The number of hydrogen-bond donors (Lipinski definition) is 0. The zero-order valence-electron chi connectivity index (χ0n) is 10.9. The highest BCUT2D eigenvalue weighted by Gasteiger charge is 2.36. The summed E-state index contributed by atoms with van der Waals surface area (Å²) in [6.07, 6.45) is 11.4. The molecule has 0 radical (unpaired) electrons. The van der Waals surface area contributed by atoms with Crippen molar-refractivity contribution in [1.82, 2.24) is 0 Å². The quantitative estimate of drug-likeness (QED) is 0.743. The van der Waals surface area contributed by atoms with E-state index in [1.165, 1.54) is 29.6 Å². The second kappa shape index (κ2) is 4.16. The Labute approximate surface area is 108 Å². The Morgan fingerprint density at radius 1 is 1.11 bits per heavy atom. The predicted octanol–water partition coefficient (Wildman–Crippen LogP) is 4.37. The van der Waals surface area contributed by atoms with Crippen molar-refractivity contribution in [1.29, 1.82) is 0 Å². The van der Waals surface area contributed by atoms with Crippen LogP contribution in [0.5, 0.6) is 5.75 Å². The minimum atomic E-state index is 0.198. The molecule has 0 saturated heterocycles. The topological polar surface area (TPSA) is 9.23 Å². The predicted molar refractivity (Wildman–Crippen MR) is 75.5 cm³/mol. The molecule has 0 saturated carbocycles. The molecule has 1 atom stereocenters. The molecule has 1 aromatic carbocycles. The summed E-state index contributed by atoms with van der Waals surface area (Å²) in [7, 11) is 1.71. The third kappa shape index (κ3) is 1.62. The average Bonchev–Trinajstić information content (AvgIpc) is 2.76. The van der Waals surface area contributed by atoms with Crippen molar-refractivity contribution in [3.05, 3.63) is 59.7 Å². The van der Waals surface area contributed by atoms with Crippen LogP contribution in [0.3, 0.4) is 0 Å². The maximum absolute atomic E-state index is 5.22. The molecule has 0 spiro atoms. The molecule has 0 heterocycles. The monoisotopic (exact) mass is 238 g/mol. The first-order valence-corrected chi connectivity index (χ1v) is 6.48. The molecule has 1 heteroatoms. The summed E-state index contributed by atoms with van der Waals surface area (Å²) in [5.74, 6) is 0.916. The first kappa shape index (κ1) is 11.3. The highest BCUT2D eigenvalue weighted by Crippen LogP contribution is 2.51. The smallest absolute Gasteiger partial charge is 0.118 e. The first-order valence-electron chi connectivity index (χ1n) is 6.48. The van der Waals surface area contributed by atoms with Gasteiger partial charge in [-0.25, -0.2) is 0 Å². The third-order valence-electron chi connectivity index (χ3n) is 4.17. The number of rotatable bonds is 2. The van der Waals surface area contributed by atoms with Crippen molar-refractivity contribution in [2.24, 2.45) is 5.41 Å². The lowest BCUT2D eigenvalue weighted by Crippen LogP contribution is -2.20. The van der Waals surface area contributed by atoms with Gasteiger partial charge in [-0.1, -0.05) is 43.4 Å². The molecular formula is C17H18O. The fourth-order valence-electron chi connectivity index (χ4n) is 2.98. The van der Waals surface area contributed by atoms with Crippen LogP contribution in [0.15, 0.2) is 54.1 Å². The molecule has 1 unspecified atom stereocenters. The summed E-state index contributed by atoms with van der Waals surface area (Å²) in [4.78, 5) is 0. The number of methoxy groups -OCH3 is 1. The fourth-order valence-corrected chi connectivity index (χ4v) is 2.98. The molecule has 0 amide bonds. The van der Waals surface area contributed by atoms with Gasteiger partial charge in [0.25, 0.3) is 0 Å². The van der Waals surface area contributed by atoms with Crippen LogP contribution in [-0.2, 0) is 0 Å². The summed E-state index contributed by atoms with van der Waals surface area (Å²) in [6.45, 7) is 2.35. The van der Waals surface area contributed by atoms with Crippen LogP contribution in [0.2, 0.25) is 0 Å². The van der Waals surface area contributed by atoms with E-state index in [1.54, 1.807) is 7.11 Å². The summed E-state index contributed by atoms with van der Waals surface area (Å²) >= 11 is 0. The lowest BCUT2D eigenvalue weighted by Gasteiger charge is -2.33. The molecule has 18 heavy (non-hydrogen) atoms. The maximum atomic E-state index is 5.22. The molecule has 2 aliphatic carbocycles. The molecule has 1 aromatic rings. The molecule has 0 N–H and O–H groups in total. The van der Waals surface area contributed by atoms with Crippen molar-refractivity contribution in [2.45, 2.75) is 19.8 Å². The third-order valence-corrected chi connectivity index (χ3v) is 4.17. The maximum Gasteiger partial charge on any atom is 0.118 e. The Hall–Kier alpha value is -1.76. The minimum Gasteiger partial charge on any atom is -0.497 e. The van der Waals surface area contributed by atoms with Gasteiger partial charge < -0.3 is 4.74 Å². The number of fused-ring (bicyclic) bond motifs is 1. The molecule has 0 bridgehead atoms. The van der Waals surface area contributed by atoms with E-state index in [4.69, 9.17) is 4.74 Å². The molecule has 0 aliphatic heterocycles. The number of ether oxygens (including phenoxy) is 1. The Balaban J connectivity index is 1.96. The van der Waals surface area contributed by atoms with E-state index in [1.807, 2.05) is 12.1 Å². The van der Waals surface area contributed by atoms with Gasteiger partial charge in [0.15, 0.2) is 0 Å². The number of hydrogen-bond acceptors (Lipinski definition) is 1. The van der Waals surface area contributed by atoms with Gasteiger partial charge >= 0.3 is 0 Å². The Morgan fingerprint density at radius 2 is 1.89 bits per heavy atom. The fraction of sp³-hybridized carbons (Fsp3) is 0.294. The SMILES string of the molecule is COc1ccc(C2=CC=C3C=CCCC32C)cc1. The van der Waals surface area contributed by atoms with Gasteiger partial charge in [0, 0.05) is 5.41 Å². The van der Waals surface area contributed by atoms with Gasteiger partial charge in [0.1, 0.15) is 5.75 Å². The van der Waals surface area contributed by atoms with Crippen molar-refractivity contribution in [2.75, 3.05) is 7.11 Å². The van der Waals surface area contributed by atoms with Crippen LogP contribution in [0.25, 0.3) is 5.57 Å². The molecule has 2 aliphatic rings. The molecule has 1 nitrogen and oxygen atoms in total. The normalized spacial score (nSPS) is 25.4. The average molecular weight is 238 g/mol. The first-order chi connectivity index (χ1) is 8.74. The van der Waals surface area contributed by atoms with E-state index >= 15 is 0 Å². The minimum absolute atomic E-state index is 0.198. The molecule has 0 aromatic heterocycles. The van der Waals surface area contributed by atoms with Gasteiger partial charge in [0.2, 0.25) is 0 Å². The number of benzene rings is 1. The molecule has 0 fully saturated rings. The van der Waals surface area contributed by atoms with E-state index in [0.717, 1.165) is 5.75 Å². The van der Waals surface area contributed by atoms with E-state index in [9.17, 15) is 0 Å². The molecule has 3 rings (SSSR count). The number of allylic oxidation sites excluding steroid dienone is 6. The highest BCUT2D eigenvalue weighted by atomic mass is 16.5. The van der Waals surface area contributed by atoms with Crippen molar-refractivity contribution >= 4 is 5.57 Å². The zero-order chi connectivity index (χ0) is 12.6. The van der Waals surface area contributed by atoms with Crippen LogP contribution in [0.1, 0.15) is 25.3 Å². The van der Waals surface area contributed by atoms with E-state index in [2.05, 4.69) is 43.4 Å². The van der Waals surface area contributed by atoms with E-state index in [0.29, 0.717) is 0 Å². The summed E-state index contributed by atoms with van der Waals surface area (Å²) in [6, 6.07) is 8.39. The van der Waals surface area contributed by atoms with Crippen LogP contribution >= 0.6 is 0 Å². The largest absolute Gasteiger partial charge is 0.497 e. The second-order valence-corrected chi connectivity index (χ2v) is 5.20. The van der Waals surface area contributed by atoms with Gasteiger partial charge in [-0.15, -0.1) is 0 Å². The van der Waals surface area contributed by atoms with Crippen molar-refractivity contribution < 1.29 is 4.74 Å². The lowest BCUT2D eigenvalue weighted by molar-refractivity contribution is 0.414. The Kier molecular flexibility index (Phi) is 2.62. The highest BCUT2D eigenvalue weighted by molar-refractivity contribution is 5.79. The Bertz CT molecular complexity index is 545. The van der Waals surface area contributed by atoms with Gasteiger partial charge in [-0.05, 0) is 41.7 Å². The van der Waals surface area contributed by atoms with Crippen molar-refractivity contribution in [3.8, 4) is 5.75 Å². The van der Waals surface area contributed by atoms with E-state index in [-0.39, 0.29) is 5.41 Å². The van der Waals surface area contributed by atoms with Crippen LogP contribution in [-0.4, -0.2) is 7.11 Å². The summed E-state index contributed by atoms with van der Waals surface area (Å²) in [5, 5.41) is 0. The summed E-state index contributed by atoms with van der Waals surface area (Å²) < 4.78 is 5.22. The zero-order valence-corrected chi connectivity index (χ0v) is 10.9. The second-order valence-electron chi connectivity index (χ2n) is 5.20. The van der Waals surface area contributed by atoms with Gasteiger partial charge in [-0.2, -0.15) is 0 Å². The molecule has 92 valence electrons. The lowest BCUT2D eigenvalue weighted by atomic mass is 9.70. The summed E-state index contributed by atoms with van der Waals surface area (Å²) in [5.41, 5.74) is 4.38. The van der Waals surface area contributed by atoms with Crippen molar-refractivity contribution in [3.63, 3.8) is 0 Å². The standard InChI is InChI=1S/C17H18O/c1-17-12-4-3-5-14(17)8-11-16(17)13-6-9-15(18-2)10-7-13/h3,5-11H,4,12H2,1-2H3.